The molecule has 2 heterocycles. The molecule has 0 unspecified atom stereocenters. The summed E-state index contributed by atoms with van der Waals surface area (Å²) in [5, 5.41) is 3.94. The van der Waals surface area contributed by atoms with Crippen molar-refractivity contribution >= 4 is 0 Å². The summed E-state index contributed by atoms with van der Waals surface area (Å²) in [6.07, 6.45) is 3.46. The summed E-state index contributed by atoms with van der Waals surface area (Å²) < 4.78 is 11.0. The van der Waals surface area contributed by atoms with Crippen LogP contribution in [0.5, 0.6) is 0 Å². The maximum atomic E-state index is 5.52. The summed E-state index contributed by atoms with van der Waals surface area (Å²) >= 11 is 0. The largest absolute Gasteiger partial charge is 0.381 e. The van der Waals surface area contributed by atoms with Gasteiger partial charge in [-0.2, -0.15) is 0 Å². The molecule has 1 N–H and O–H groups in total. The normalized spacial score (nSPS) is 23.0. The standard InChI is InChI=1S/C20H32N2O2/c1-17(19-7-11-23-12-8-19)21-20(15-18-5-3-2-4-6-18)16-22-9-13-24-14-10-22/h2-6,17,19-21H,7-16H2,1H3/t17-,20-/m0/s1. The second kappa shape index (κ2) is 9.52. The maximum Gasteiger partial charge on any atom is 0.0594 e. The zero-order valence-corrected chi connectivity index (χ0v) is 15.0. The molecule has 0 bridgehead atoms. The van der Waals surface area contributed by atoms with E-state index in [9.17, 15) is 0 Å². The van der Waals surface area contributed by atoms with Gasteiger partial charge in [-0.25, -0.2) is 0 Å². The number of nitrogens with one attached hydrogen (secondary N) is 1. The van der Waals surface area contributed by atoms with Gasteiger partial charge >= 0.3 is 0 Å². The van der Waals surface area contributed by atoms with Crippen LogP contribution in [0.4, 0.5) is 0 Å². The predicted molar refractivity (Wildman–Crippen MR) is 97.3 cm³/mol. The van der Waals surface area contributed by atoms with E-state index in [0.717, 1.165) is 58.4 Å². The van der Waals surface area contributed by atoms with Crippen LogP contribution in [0.3, 0.4) is 0 Å². The highest BCUT2D eigenvalue weighted by atomic mass is 16.5. The number of benzene rings is 1. The van der Waals surface area contributed by atoms with Crippen LogP contribution in [0.15, 0.2) is 30.3 Å². The molecule has 0 aliphatic carbocycles. The Hall–Kier alpha value is -0.940. The van der Waals surface area contributed by atoms with Crippen LogP contribution in [-0.4, -0.2) is 63.0 Å². The van der Waals surface area contributed by atoms with E-state index in [-0.39, 0.29) is 0 Å². The third kappa shape index (κ3) is 5.55. The fraction of sp³-hybridized carbons (Fsp3) is 0.700. The predicted octanol–water partition coefficient (Wildman–Crippen LogP) is 2.33. The number of morpholine rings is 1. The Morgan fingerprint density at radius 3 is 2.42 bits per heavy atom. The SMILES string of the molecule is C[C@H](N[C@@H](Cc1ccccc1)CN1CCOCC1)C1CCOCC1. The number of rotatable bonds is 7. The van der Waals surface area contributed by atoms with Crippen LogP contribution in [0.25, 0.3) is 0 Å². The summed E-state index contributed by atoms with van der Waals surface area (Å²) in [5.74, 6) is 0.738. The molecular formula is C20H32N2O2. The average Bonchev–Trinajstić information content (AvgIpc) is 2.64. The first kappa shape index (κ1) is 17.9. The van der Waals surface area contributed by atoms with Gasteiger partial charge in [0.2, 0.25) is 0 Å². The molecule has 0 amide bonds. The molecule has 2 atom stereocenters. The molecule has 2 fully saturated rings. The van der Waals surface area contributed by atoms with Gasteiger partial charge in [-0.3, -0.25) is 4.90 Å². The number of ether oxygens (including phenoxy) is 2. The second-order valence-corrected chi connectivity index (χ2v) is 7.20. The molecule has 1 aromatic carbocycles. The van der Waals surface area contributed by atoms with Gasteiger partial charge in [0.1, 0.15) is 0 Å². The van der Waals surface area contributed by atoms with E-state index < -0.39 is 0 Å². The van der Waals surface area contributed by atoms with E-state index >= 15 is 0 Å². The highest BCUT2D eigenvalue weighted by Crippen LogP contribution is 2.19. The topological polar surface area (TPSA) is 33.7 Å². The Bertz CT molecular complexity index is 456. The van der Waals surface area contributed by atoms with Gasteiger partial charge in [-0.05, 0) is 37.7 Å². The average molecular weight is 332 g/mol. The zero-order chi connectivity index (χ0) is 16.6. The highest BCUT2D eigenvalue weighted by Gasteiger charge is 2.24. The molecule has 1 aromatic rings. The van der Waals surface area contributed by atoms with Gasteiger partial charge in [-0.1, -0.05) is 30.3 Å². The molecule has 2 aliphatic heterocycles. The van der Waals surface area contributed by atoms with Gasteiger partial charge in [0, 0.05) is 44.9 Å². The Morgan fingerprint density at radius 1 is 1.04 bits per heavy atom. The molecule has 2 aliphatic rings. The lowest BCUT2D eigenvalue weighted by atomic mass is 9.91. The minimum Gasteiger partial charge on any atom is -0.381 e. The van der Waals surface area contributed by atoms with E-state index in [1.165, 1.54) is 18.4 Å². The molecule has 3 rings (SSSR count). The van der Waals surface area contributed by atoms with Crippen molar-refractivity contribution < 1.29 is 9.47 Å². The fourth-order valence-electron chi connectivity index (χ4n) is 3.89. The van der Waals surface area contributed by atoms with Crippen LogP contribution >= 0.6 is 0 Å². The molecular weight excluding hydrogens is 300 g/mol. The number of hydrogen-bond acceptors (Lipinski definition) is 4. The van der Waals surface area contributed by atoms with Crippen molar-refractivity contribution in [3.05, 3.63) is 35.9 Å². The summed E-state index contributed by atoms with van der Waals surface area (Å²) in [4.78, 5) is 2.54. The summed E-state index contributed by atoms with van der Waals surface area (Å²) in [5.41, 5.74) is 1.42. The van der Waals surface area contributed by atoms with Gasteiger partial charge in [0.15, 0.2) is 0 Å². The monoisotopic (exact) mass is 332 g/mol. The quantitative estimate of drug-likeness (QED) is 0.831. The van der Waals surface area contributed by atoms with Gasteiger partial charge in [0.05, 0.1) is 13.2 Å². The first-order valence-corrected chi connectivity index (χ1v) is 9.49. The molecule has 2 saturated heterocycles. The van der Waals surface area contributed by atoms with Gasteiger partial charge in [-0.15, -0.1) is 0 Å². The van der Waals surface area contributed by atoms with E-state index in [2.05, 4.69) is 47.5 Å². The molecule has 0 saturated carbocycles. The lowest BCUT2D eigenvalue weighted by molar-refractivity contribution is 0.0297. The molecule has 0 radical (unpaired) electrons. The van der Waals surface area contributed by atoms with E-state index in [1.54, 1.807) is 0 Å². The van der Waals surface area contributed by atoms with E-state index in [1.807, 2.05) is 0 Å². The first-order chi connectivity index (χ1) is 11.8. The number of nitrogens with zero attached hydrogens (tertiary/aromatic N) is 1. The molecule has 0 spiro atoms. The first-order valence-electron chi connectivity index (χ1n) is 9.49. The van der Waals surface area contributed by atoms with Crippen LogP contribution in [0.1, 0.15) is 25.3 Å². The lowest BCUT2D eigenvalue weighted by Crippen LogP contribution is -2.50. The van der Waals surface area contributed by atoms with Crippen molar-refractivity contribution in [2.45, 2.75) is 38.3 Å². The number of hydrogen-bond donors (Lipinski definition) is 1. The Morgan fingerprint density at radius 2 is 1.71 bits per heavy atom. The minimum atomic E-state index is 0.489. The molecule has 0 aromatic heterocycles. The van der Waals surface area contributed by atoms with E-state index in [4.69, 9.17) is 9.47 Å². The Balaban J connectivity index is 1.59. The Labute approximate surface area is 146 Å². The summed E-state index contributed by atoms with van der Waals surface area (Å²) in [7, 11) is 0. The smallest absolute Gasteiger partial charge is 0.0594 e. The van der Waals surface area contributed by atoms with Crippen molar-refractivity contribution in [3.63, 3.8) is 0 Å². The molecule has 4 heteroatoms. The van der Waals surface area contributed by atoms with E-state index in [0.29, 0.717) is 12.1 Å². The maximum absolute atomic E-state index is 5.52. The molecule has 24 heavy (non-hydrogen) atoms. The summed E-state index contributed by atoms with van der Waals surface area (Å²) in [6.45, 7) is 9.14. The lowest BCUT2D eigenvalue weighted by Gasteiger charge is -2.35. The van der Waals surface area contributed by atoms with Crippen molar-refractivity contribution in [1.29, 1.82) is 0 Å². The highest BCUT2D eigenvalue weighted by molar-refractivity contribution is 5.16. The van der Waals surface area contributed by atoms with Crippen molar-refractivity contribution in [3.8, 4) is 0 Å². The van der Waals surface area contributed by atoms with Crippen molar-refractivity contribution in [2.75, 3.05) is 46.1 Å². The van der Waals surface area contributed by atoms with Crippen LogP contribution < -0.4 is 5.32 Å². The van der Waals surface area contributed by atoms with Crippen LogP contribution in [0, 0.1) is 5.92 Å². The second-order valence-electron chi connectivity index (χ2n) is 7.20. The van der Waals surface area contributed by atoms with Crippen LogP contribution in [-0.2, 0) is 15.9 Å². The fourth-order valence-corrected chi connectivity index (χ4v) is 3.89. The third-order valence-electron chi connectivity index (χ3n) is 5.38. The Kier molecular flexibility index (Phi) is 7.09. The van der Waals surface area contributed by atoms with Gasteiger partial charge < -0.3 is 14.8 Å². The van der Waals surface area contributed by atoms with Gasteiger partial charge in [0.25, 0.3) is 0 Å². The minimum absolute atomic E-state index is 0.489. The molecule has 4 nitrogen and oxygen atoms in total. The summed E-state index contributed by atoms with van der Waals surface area (Å²) in [6, 6.07) is 11.9. The van der Waals surface area contributed by atoms with Crippen molar-refractivity contribution in [2.24, 2.45) is 5.92 Å². The third-order valence-corrected chi connectivity index (χ3v) is 5.38. The van der Waals surface area contributed by atoms with Crippen molar-refractivity contribution in [1.82, 2.24) is 10.2 Å². The van der Waals surface area contributed by atoms with Crippen LogP contribution in [0.2, 0.25) is 0 Å². The molecule has 134 valence electrons. The zero-order valence-electron chi connectivity index (χ0n) is 15.0.